The number of carbonyl (C=O) groups excluding carboxylic acids is 1. The van der Waals surface area contributed by atoms with Crippen molar-refractivity contribution in [3.8, 4) is 5.75 Å². The molecule has 0 saturated heterocycles. The van der Waals surface area contributed by atoms with E-state index in [-0.39, 0.29) is 11.7 Å². The molecule has 6 nitrogen and oxygen atoms in total. The standard InChI is InChI=1S/C13H16N4O2/c1-17-7-6-12(16-17)15-13(19)11(14)8-9-2-4-10(18)5-3-9/h2-7,11,18H,8,14H2,1H3,(H,15,16,19)/t11-/m1/s1. The summed E-state index contributed by atoms with van der Waals surface area (Å²) in [4.78, 5) is 11.9. The van der Waals surface area contributed by atoms with Crippen LogP contribution in [0.15, 0.2) is 36.5 Å². The predicted molar refractivity (Wildman–Crippen MR) is 71.6 cm³/mol. The molecular formula is C13H16N4O2. The Hall–Kier alpha value is -2.34. The minimum atomic E-state index is -0.661. The molecule has 0 aliphatic rings. The Morgan fingerprint density at radius 2 is 2.11 bits per heavy atom. The molecule has 0 aliphatic carbocycles. The smallest absolute Gasteiger partial charge is 0.242 e. The number of carbonyl (C=O) groups is 1. The van der Waals surface area contributed by atoms with Gasteiger partial charge in [0.15, 0.2) is 5.82 Å². The molecule has 1 heterocycles. The number of aromatic nitrogens is 2. The number of hydrogen-bond donors (Lipinski definition) is 3. The van der Waals surface area contributed by atoms with Gasteiger partial charge < -0.3 is 16.2 Å². The lowest BCUT2D eigenvalue weighted by Gasteiger charge is -2.11. The molecule has 0 spiro atoms. The minimum Gasteiger partial charge on any atom is -0.508 e. The highest BCUT2D eigenvalue weighted by Gasteiger charge is 2.15. The Morgan fingerprint density at radius 3 is 2.68 bits per heavy atom. The molecule has 1 atom stereocenters. The normalized spacial score (nSPS) is 12.1. The molecule has 19 heavy (non-hydrogen) atoms. The summed E-state index contributed by atoms with van der Waals surface area (Å²) in [7, 11) is 1.77. The largest absolute Gasteiger partial charge is 0.508 e. The number of aryl methyl sites for hydroxylation is 1. The Morgan fingerprint density at radius 1 is 1.42 bits per heavy atom. The Kier molecular flexibility index (Phi) is 3.82. The minimum absolute atomic E-state index is 0.190. The lowest BCUT2D eigenvalue weighted by atomic mass is 10.1. The molecule has 100 valence electrons. The molecule has 0 fully saturated rings. The van der Waals surface area contributed by atoms with Gasteiger partial charge in [-0.25, -0.2) is 0 Å². The molecule has 0 saturated carbocycles. The van der Waals surface area contributed by atoms with Gasteiger partial charge in [-0.2, -0.15) is 5.10 Å². The summed E-state index contributed by atoms with van der Waals surface area (Å²) >= 11 is 0. The number of rotatable bonds is 4. The predicted octanol–water partition coefficient (Wildman–Crippen LogP) is 0.634. The summed E-state index contributed by atoms with van der Waals surface area (Å²) in [6.07, 6.45) is 2.14. The first kappa shape index (κ1) is 13.1. The third kappa shape index (κ3) is 3.56. The fourth-order valence-electron chi connectivity index (χ4n) is 1.68. The van der Waals surface area contributed by atoms with Crippen molar-refractivity contribution in [3.63, 3.8) is 0 Å². The average molecular weight is 260 g/mol. The van der Waals surface area contributed by atoms with Crippen LogP contribution in [0.5, 0.6) is 5.75 Å². The molecule has 1 amide bonds. The van der Waals surface area contributed by atoms with Gasteiger partial charge in [-0.15, -0.1) is 0 Å². The highest BCUT2D eigenvalue weighted by Crippen LogP contribution is 2.11. The summed E-state index contributed by atoms with van der Waals surface area (Å²) in [6.45, 7) is 0. The quantitative estimate of drug-likeness (QED) is 0.751. The Bertz CT molecular complexity index is 562. The highest BCUT2D eigenvalue weighted by atomic mass is 16.3. The number of nitrogens with two attached hydrogens (primary N) is 1. The molecule has 2 aromatic rings. The molecule has 0 radical (unpaired) electrons. The van der Waals surface area contributed by atoms with Crippen molar-refractivity contribution in [2.45, 2.75) is 12.5 Å². The summed E-state index contributed by atoms with van der Waals surface area (Å²) in [5, 5.41) is 15.9. The van der Waals surface area contributed by atoms with Crippen molar-refractivity contribution in [2.24, 2.45) is 12.8 Å². The van der Waals surface area contributed by atoms with Crippen LogP contribution in [-0.4, -0.2) is 26.8 Å². The third-order valence-electron chi connectivity index (χ3n) is 2.69. The van der Waals surface area contributed by atoms with Gasteiger partial charge in [-0.3, -0.25) is 9.48 Å². The number of phenolic OH excluding ortho intramolecular Hbond substituents is 1. The zero-order valence-electron chi connectivity index (χ0n) is 10.6. The molecule has 0 bridgehead atoms. The maximum absolute atomic E-state index is 11.9. The number of nitrogens with one attached hydrogen (secondary N) is 1. The van der Waals surface area contributed by atoms with Crippen molar-refractivity contribution in [1.82, 2.24) is 9.78 Å². The first-order valence-corrected chi connectivity index (χ1v) is 5.88. The van der Waals surface area contributed by atoms with Crippen molar-refractivity contribution in [1.29, 1.82) is 0 Å². The number of hydrogen-bond acceptors (Lipinski definition) is 4. The lowest BCUT2D eigenvalue weighted by Crippen LogP contribution is -2.37. The second-order valence-electron chi connectivity index (χ2n) is 4.34. The zero-order chi connectivity index (χ0) is 13.8. The number of phenols is 1. The van der Waals surface area contributed by atoms with E-state index >= 15 is 0 Å². The van der Waals surface area contributed by atoms with Crippen LogP contribution in [-0.2, 0) is 18.3 Å². The van der Waals surface area contributed by atoms with Crippen LogP contribution in [0.3, 0.4) is 0 Å². The molecule has 6 heteroatoms. The van der Waals surface area contributed by atoms with Crippen LogP contribution < -0.4 is 11.1 Å². The molecule has 2 rings (SSSR count). The Balaban J connectivity index is 1.94. The number of aromatic hydroxyl groups is 1. The van der Waals surface area contributed by atoms with Gasteiger partial charge in [0, 0.05) is 19.3 Å². The average Bonchev–Trinajstić information content (AvgIpc) is 2.77. The fourth-order valence-corrected chi connectivity index (χ4v) is 1.68. The van der Waals surface area contributed by atoms with E-state index in [2.05, 4.69) is 10.4 Å². The maximum Gasteiger partial charge on any atom is 0.242 e. The second-order valence-corrected chi connectivity index (χ2v) is 4.34. The Labute approximate surface area is 110 Å². The maximum atomic E-state index is 11.9. The van der Waals surface area contributed by atoms with Gasteiger partial charge >= 0.3 is 0 Å². The molecular weight excluding hydrogens is 244 g/mol. The van der Waals surface area contributed by atoms with Gasteiger partial charge in [-0.1, -0.05) is 12.1 Å². The zero-order valence-corrected chi connectivity index (χ0v) is 10.6. The highest BCUT2D eigenvalue weighted by molar-refractivity contribution is 5.94. The van der Waals surface area contributed by atoms with Crippen LogP contribution in [0.4, 0.5) is 5.82 Å². The van der Waals surface area contributed by atoms with Gasteiger partial charge in [-0.05, 0) is 24.1 Å². The fraction of sp³-hybridized carbons (Fsp3) is 0.231. The molecule has 0 unspecified atom stereocenters. The number of amides is 1. The summed E-state index contributed by atoms with van der Waals surface area (Å²) in [5.41, 5.74) is 6.72. The molecule has 4 N–H and O–H groups in total. The van der Waals surface area contributed by atoms with Crippen LogP contribution in [0, 0.1) is 0 Å². The van der Waals surface area contributed by atoms with Gasteiger partial charge in [0.2, 0.25) is 5.91 Å². The monoisotopic (exact) mass is 260 g/mol. The van der Waals surface area contributed by atoms with Crippen molar-refractivity contribution in [2.75, 3.05) is 5.32 Å². The SMILES string of the molecule is Cn1ccc(NC(=O)[C@H](N)Cc2ccc(O)cc2)n1. The summed E-state index contributed by atoms with van der Waals surface area (Å²) in [6, 6.07) is 7.65. The van der Waals surface area contributed by atoms with E-state index in [0.29, 0.717) is 12.2 Å². The summed E-state index contributed by atoms with van der Waals surface area (Å²) < 4.78 is 1.60. The summed E-state index contributed by atoms with van der Waals surface area (Å²) in [5.74, 6) is 0.385. The van der Waals surface area contributed by atoms with E-state index in [9.17, 15) is 9.90 Å². The molecule has 1 aromatic heterocycles. The van der Waals surface area contributed by atoms with E-state index in [1.165, 1.54) is 0 Å². The van der Waals surface area contributed by atoms with Crippen molar-refractivity contribution < 1.29 is 9.90 Å². The molecule has 0 aliphatic heterocycles. The number of benzene rings is 1. The van der Waals surface area contributed by atoms with E-state index in [0.717, 1.165) is 5.56 Å². The van der Waals surface area contributed by atoms with E-state index in [1.807, 2.05) is 0 Å². The third-order valence-corrected chi connectivity index (χ3v) is 2.69. The van der Waals surface area contributed by atoms with Gasteiger partial charge in [0.1, 0.15) is 5.75 Å². The lowest BCUT2D eigenvalue weighted by molar-refractivity contribution is -0.117. The van der Waals surface area contributed by atoms with Crippen molar-refractivity contribution in [3.05, 3.63) is 42.1 Å². The molecule has 1 aromatic carbocycles. The first-order valence-electron chi connectivity index (χ1n) is 5.88. The van der Waals surface area contributed by atoms with E-state index < -0.39 is 6.04 Å². The second kappa shape index (κ2) is 5.53. The first-order chi connectivity index (χ1) is 9.04. The number of anilines is 1. The van der Waals surface area contributed by atoms with Crippen LogP contribution in [0.2, 0.25) is 0 Å². The number of nitrogens with zero attached hydrogens (tertiary/aromatic N) is 2. The van der Waals surface area contributed by atoms with Crippen LogP contribution >= 0.6 is 0 Å². The van der Waals surface area contributed by atoms with Crippen LogP contribution in [0.1, 0.15) is 5.56 Å². The van der Waals surface area contributed by atoms with E-state index in [1.54, 1.807) is 48.3 Å². The van der Waals surface area contributed by atoms with Gasteiger partial charge in [0.25, 0.3) is 0 Å². The van der Waals surface area contributed by atoms with Crippen molar-refractivity contribution >= 4 is 11.7 Å². The topological polar surface area (TPSA) is 93.2 Å². The van der Waals surface area contributed by atoms with E-state index in [4.69, 9.17) is 5.73 Å². The van der Waals surface area contributed by atoms with Crippen LogP contribution in [0.25, 0.3) is 0 Å². The van der Waals surface area contributed by atoms with Gasteiger partial charge in [0.05, 0.1) is 6.04 Å².